The van der Waals surface area contributed by atoms with Crippen molar-refractivity contribution < 1.29 is 14.3 Å². The lowest BCUT2D eigenvalue weighted by molar-refractivity contribution is -0.120. The van der Waals surface area contributed by atoms with Crippen LogP contribution in [0.4, 0.5) is 5.69 Å². The molecule has 0 saturated heterocycles. The van der Waals surface area contributed by atoms with E-state index in [2.05, 4.69) is 5.32 Å². The number of amides is 1. The molecule has 0 heterocycles. The molecule has 6 heteroatoms. The van der Waals surface area contributed by atoms with Crippen molar-refractivity contribution in [2.24, 2.45) is 0 Å². The predicted molar refractivity (Wildman–Crippen MR) is 101 cm³/mol. The van der Waals surface area contributed by atoms with Crippen LogP contribution in [0.25, 0.3) is 0 Å². The van der Waals surface area contributed by atoms with Gasteiger partial charge in [0.05, 0.1) is 18.8 Å². The van der Waals surface area contributed by atoms with Gasteiger partial charge in [0, 0.05) is 11.6 Å². The molecule has 2 aromatic rings. The second-order valence-corrected chi connectivity index (χ2v) is 6.08. The minimum Gasteiger partial charge on any atom is -0.495 e. The molecule has 0 aromatic heterocycles. The molecule has 0 radical (unpaired) electrons. The summed E-state index contributed by atoms with van der Waals surface area (Å²) in [7, 11) is 3.46. The van der Waals surface area contributed by atoms with Gasteiger partial charge in [0.1, 0.15) is 18.1 Å². The smallest absolute Gasteiger partial charge is 0.241 e. The van der Waals surface area contributed by atoms with Crippen LogP contribution in [0.15, 0.2) is 48.5 Å². The molecular weight excluding hydrogens is 340 g/mol. The Kier molecular flexibility index (Phi) is 7.10. The fourth-order valence-electron chi connectivity index (χ4n) is 2.22. The summed E-state index contributed by atoms with van der Waals surface area (Å²) in [5.41, 5.74) is 0.660. The number of halogens is 1. The summed E-state index contributed by atoms with van der Waals surface area (Å²) >= 11 is 5.84. The maximum Gasteiger partial charge on any atom is 0.241 e. The van der Waals surface area contributed by atoms with Crippen molar-refractivity contribution in [3.63, 3.8) is 0 Å². The third-order valence-corrected chi connectivity index (χ3v) is 4.18. The number of hydrogen-bond acceptors (Lipinski definition) is 4. The van der Waals surface area contributed by atoms with E-state index in [0.717, 1.165) is 5.75 Å². The first kappa shape index (κ1) is 19.1. The highest BCUT2D eigenvalue weighted by atomic mass is 35.5. The molecule has 1 atom stereocenters. The summed E-state index contributed by atoms with van der Waals surface area (Å²) in [6.07, 6.45) is 0. The highest BCUT2D eigenvalue weighted by Crippen LogP contribution is 2.23. The van der Waals surface area contributed by atoms with E-state index in [1.54, 1.807) is 19.2 Å². The molecule has 0 saturated carbocycles. The van der Waals surface area contributed by atoms with E-state index in [9.17, 15) is 4.79 Å². The molecule has 0 aliphatic rings. The number of carbonyl (C=O) groups excluding carboxylic acids is 1. The first-order valence-electron chi connectivity index (χ1n) is 8.03. The predicted octanol–water partition coefficient (Wildman–Crippen LogP) is 3.69. The third kappa shape index (κ3) is 5.66. The number of hydrogen-bond donors (Lipinski definition) is 1. The van der Waals surface area contributed by atoms with Gasteiger partial charge in [-0.1, -0.05) is 23.7 Å². The van der Waals surface area contributed by atoms with Crippen molar-refractivity contribution in [3.8, 4) is 11.5 Å². The minimum atomic E-state index is -0.307. The molecule has 5 nitrogen and oxygen atoms in total. The molecule has 1 amide bonds. The monoisotopic (exact) mass is 362 g/mol. The van der Waals surface area contributed by atoms with Gasteiger partial charge in [-0.3, -0.25) is 9.69 Å². The Morgan fingerprint density at radius 1 is 1.20 bits per heavy atom. The van der Waals surface area contributed by atoms with Crippen LogP contribution in [-0.2, 0) is 4.79 Å². The summed E-state index contributed by atoms with van der Waals surface area (Å²) in [4.78, 5) is 14.4. The molecule has 0 unspecified atom stereocenters. The van der Waals surface area contributed by atoms with Crippen molar-refractivity contribution in [3.05, 3.63) is 53.6 Å². The number of rotatable bonds is 8. The van der Waals surface area contributed by atoms with Gasteiger partial charge in [0.15, 0.2) is 0 Å². The number of benzene rings is 2. The zero-order valence-corrected chi connectivity index (χ0v) is 15.4. The maximum absolute atomic E-state index is 12.4. The van der Waals surface area contributed by atoms with Gasteiger partial charge in [-0.25, -0.2) is 0 Å². The Hall–Kier alpha value is -2.24. The Morgan fingerprint density at radius 2 is 1.88 bits per heavy atom. The van der Waals surface area contributed by atoms with Crippen LogP contribution in [-0.4, -0.2) is 44.2 Å². The lowest BCUT2D eigenvalue weighted by Crippen LogP contribution is -2.41. The molecule has 0 fully saturated rings. The number of nitrogens with zero attached hydrogens (tertiary/aromatic N) is 1. The lowest BCUT2D eigenvalue weighted by Gasteiger charge is -2.24. The number of nitrogens with one attached hydrogen (secondary N) is 1. The van der Waals surface area contributed by atoms with Gasteiger partial charge in [0.25, 0.3) is 0 Å². The molecule has 25 heavy (non-hydrogen) atoms. The van der Waals surface area contributed by atoms with Crippen molar-refractivity contribution in [2.45, 2.75) is 13.0 Å². The average Bonchev–Trinajstić information content (AvgIpc) is 2.63. The van der Waals surface area contributed by atoms with E-state index in [1.165, 1.54) is 0 Å². The van der Waals surface area contributed by atoms with Crippen LogP contribution < -0.4 is 14.8 Å². The Labute approximate surface area is 153 Å². The van der Waals surface area contributed by atoms with Gasteiger partial charge in [-0.2, -0.15) is 0 Å². The van der Waals surface area contributed by atoms with Gasteiger partial charge in [-0.05, 0) is 50.4 Å². The van der Waals surface area contributed by atoms with Crippen molar-refractivity contribution >= 4 is 23.2 Å². The summed E-state index contributed by atoms with van der Waals surface area (Å²) in [6.45, 7) is 2.95. The van der Waals surface area contributed by atoms with Gasteiger partial charge < -0.3 is 14.8 Å². The highest BCUT2D eigenvalue weighted by molar-refractivity contribution is 6.30. The highest BCUT2D eigenvalue weighted by Gasteiger charge is 2.19. The van der Waals surface area contributed by atoms with E-state index >= 15 is 0 Å². The van der Waals surface area contributed by atoms with Crippen LogP contribution in [0.2, 0.25) is 5.02 Å². The zero-order valence-electron chi connectivity index (χ0n) is 14.7. The fourth-order valence-corrected chi connectivity index (χ4v) is 2.34. The van der Waals surface area contributed by atoms with Crippen LogP contribution >= 0.6 is 11.6 Å². The first-order valence-corrected chi connectivity index (χ1v) is 8.41. The fraction of sp³-hybridized carbons (Fsp3) is 0.316. The van der Waals surface area contributed by atoms with Gasteiger partial charge in [0.2, 0.25) is 5.91 Å². The molecule has 0 aliphatic heterocycles. The third-order valence-electron chi connectivity index (χ3n) is 3.93. The van der Waals surface area contributed by atoms with Crippen LogP contribution in [0, 0.1) is 0 Å². The Balaban J connectivity index is 1.83. The number of carbonyl (C=O) groups is 1. The van der Waals surface area contributed by atoms with E-state index < -0.39 is 0 Å². The second kappa shape index (κ2) is 9.30. The molecule has 1 N–H and O–H groups in total. The number of anilines is 1. The van der Waals surface area contributed by atoms with E-state index in [-0.39, 0.29) is 11.9 Å². The number of para-hydroxylation sites is 2. The van der Waals surface area contributed by atoms with Crippen molar-refractivity contribution in [1.29, 1.82) is 0 Å². The zero-order chi connectivity index (χ0) is 18.2. The summed E-state index contributed by atoms with van der Waals surface area (Å²) < 4.78 is 10.9. The van der Waals surface area contributed by atoms with Crippen LogP contribution in [0.3, 0.4) is 0 Å². The molecule has 0 aliphatic carbocycles. The maximum atomic E-state index is 12.4. The summed E-state index contributed by atoms with van der Waals surface area (Å²) in [5, 5.41) is 3.57. The lowest BCUT2D eigenvalue weighted by atomic mass is 10.2. The molecule has 0 bridgehead atoms. The largest absolute Gasteiger partial charge is 0.495 e. The average molecular weight is 363 g/mol. The van der Waals surface area contributed by atoms with E-state index in [0.29, 0.717) is 29.6 Å². The van der Waals surface area contributed by atoms with Crippen molar-refractivity contribution in [1.82, 2.24) is 4.90 Å². The number of likely N-dealkylation sites (N-methyl/N-ethyl adjacent to an activating group) is 1. The topological polar surface area (TPSA) is 50.8 Å². The molecular formula is C19H23ClN2O3. The Bertz CT molecular complexity index is 691. The van der Waals surface area contributed by atoms with Crippen LogP contribution in [0.1, 0.15) is 6.92 Å². The van der Waals surface area contributed by atoms with Gasteiger partial charge >= 0.3 is 0 Å². The minimum absolute atomic E-state index is 0.0986. The standard InChI is InChI=1S/C19H23ClN2O3/c1-14(19(23)21-17-6-4-5-7-18(17)24-3)22(2)12-13-25-16-10-8-15(20)9-11-16/h4-11,14H,12-13H2,1-3H3,(H,21,23)/t14-/m1/s1. The Morgan fingerprint density at radius 3 is 2.56 bits per heavy atom. The van der Waals surface area contributed by atoms with Gasteiger partial charge in [-0.15, -0.1) is 0 Å². The quantitative estimate of drug-likeness (QED) is 0.778. The SMILES string of the molecule is COc1ccccc1NC(=O)[C@@H](C)N(C)CCOc1ccc(Cl)cc1. The molecule has 2 rings (SSSR count). The summed E-state index contributed by atoms with van der Waals surface area (Å²) in [6, 6.07) is 14.2. The van der Waals surface area contributed by atoms with E-state index in [1.807, 2.05) is 55.3 Å². The number of methoxy groups -OCH3 is 1. The van der Waals surface area contributed by atoms with Crippen molar-refractivity contribution in [2.75, 3.05) is 32.6 Å². The number of ether oxygens (including phenoxy) is 2. The summed E-state index contributed by atoms with van der Waals surface area (Å²) in [5.74, 6) is 1.29. The molecule has 0 spiro atoms. The molecule has 2 aromatic carbocycles. The van der Waals surface area contributed by atoms with E-state index in [4.69, 9.17) is 21.1 Å². The van der Waals surface area contributed by atoms with Crippen LogP contribution in [0.5, 0.6) is 11.5 Å². The first-order chi connectivity index (χ1) is 12.0. The second-order valence-electron chi connectivity index (χ2n) is 5.65. The molecule has 134 valence electrons. The normalized spacial score (nSPS) is 11.9.